The van der Waals surface area contributed by atoms with Gasteiger partial charge in [-0.2, -0.15) is 0 Å². The van der Waals surface area contributed by atoms with Gasteiger partial charge in [-0.15, -0.1) is 24.0 Å². The highest BCUT2D eigenvalue weighted by Gasteiger charge is 2.04. The van der Waals surface area contributed by atoms with E-state index in [0.717, 1.165) is 38.6 Å². The summed E-state index contributed by atoms with van der Waals surface area (Å²) in [6.07, 6.45) is 1.02. The molecule has 0 aromatic heterocycles. The minimum Gasteiger partial charge on any atom is -0.380 e. The van der Waals surface area contributed by atoms with Gasteiger partial charge in [0.25, 0.3) is 0 Å². The van der Waals surface area contributed by atoms with E-state index in [9.17, 15) is 0 Å². The van der Waals surface area contributed by atoms with Crippen LogP contribution < -0.4 is 10.6 Å². The first-order valence-corrected chi connectivity index (χ1v) is 8.54. The molecule has 5 nitrogen and oxygen atoms in total. The van der Waals surface area contributed by atoms with Crippen LogP contribution in [0.15, 0.2) is 35.3 Å². The van der Waals surface area contributed by atoms with Crippen molar-refractivity contribution in [2.75, 3.05) is 39.5 Å². The van der Waals surface area contributed by atoms with E-state index in [1.54, 1.807) is 0 Å². The molecule has 1 aromatic carbocycles. The number of benzene rings is 1. The molecule has 138 valence electrons. The fraction of sp³-hybridized carbons (Fsp3) is 0.611. The van der Waals surface area contributed by atoms with Crippen molar-refractivity contribution >= 4 is 29.9 Å². The number of nitrogens with zero attached hydrogens (tertiary/aromatic N) is 1. The van der Waals surface area contributed by atoms with Crippen LogP contribution in [0, 0.1) is 0 Å². The third-order valence-electron chi connectivity index (χ3n) is 3.30. The van der Waals surface area contributed by atoms with Gasteiger partial charge in [-0.25, -0.2) is 0 Å². The SMILES string of the molecule is CCNC(=NCCCOC(C)c1ccccc1)NCCOCC.I. The van der Waals surface area contributed by atoms with Gasteiger partial charge in [0.05, 0.1) is 12.7 Å². The summed E-state index contributed by atoms with van der Waals surface area (Å²) in [7, 11) is 0. The van der Waals surface area contributed by atoms with Crippen molar-refractivity contribution in [3.63, 3.8) is 0 Å². The fourth-order valence-corrected chi connectivity index (χ4v) is 2.06. The largest absolute Gasteiger partial charge is 0.380 e. The zero-order valence-corrected chi connectivity index (χ0v) is 17.4. The molecule has 0 amide bonds. The van der Waals surface area contributed by atoms with E-state index in [-0.39, 0.29) is 30.1 Å². The highest BCUT2D eigenvalue weighted by atomic mass is 127. The predicted molar refractivity (Wildman–Crippen MR) is 111 cm³/mol. The molecule has 0 saturated carbocycles. The third kappa shape index (κ3) is 10.8. The monoisotopic (exact) mass is 449 g/mol. The van der Waals surface area contributed by atoms with Crippen LogP contribution in [0.2, 0.25) is 0 Å². The molecule has 0 aliphatic rings. The molecule has 0 saturated heterocycles. The van der Waals surface area contributed by atoms with Gasteiger partial charge in [0, 0.05) is 32.8 Å². The minimum atomic E-state index is 0. The van der Waals surface area contributed by atoms with Crippen LogP contribution in [0.5, 0.6) is 0 Å². The normalized spacial score (nSPS) is 12.4. The van der Waals surface area contributed by atoms with E-state index in [1.807, 2.05) is 25.1 Å². The Morgan fingerprint density at radius 3 is 2.54 bits per heavy atom. The van der Waals surface area contributed by atoms with Gasteiger partial charge in [0.2, 0.25) is 0 Å². The highest BCUT2D eigenvalue weighted by molar-refractivity contribution is 14.0. The Morgan fingerprint density at radius 1 is 1.12 bits per heavy atom. The average molecular weight is 449 g/mol. The lowest BCUT2D eigenvalue weighted by atomic mass is 10.1. The molecule has 1 atom stereocenters. The summed E-state index contributed by atoms with van der Waals surface area (Å²) in [5, 5.41) is 6.48. The number of halogens is 1. The van der Waals surface area contributed by atoms with Crippen LogP contribution in [0.1, 0.15) is 38.9 Å². The maximum absolute atomic E-state index is 5.85. The second-order valence-corrected chi connectivity index (χ2v) is 5.16. The standard InChI is InChI=1S/C18H31N3O2.HI/c1-4-19-18(21-13-15-22-5-2)20-12-9-14-23-16(3)17-10-7-6-8-11-17;/h6-8,10-11,16H,4-5,9,12-15H2,1-3H3,(H2,19,20,21);1H. The first kappa shape index (κ1) is 23.1. The third-order valence-corrected chi connectivity index (χ3v) is 3.30. The molecule has 0 fully saturated rings. The number of rotatable bonds is 11. The summed E-state index contributed by atoms with van der Waals surface area (Å²) in [5.74, 6) is 0.836. The van der Waals surface area contributed by atoms with E-state index in [2.05, 4.69) is 41.6 Å². The Balaban J connectivity index is 0.00000529. The van der Waals surface area contributed by atoms with Crippen LogP contribution >= 0.6 is 24.0 Å². The quantitative estimate of drug-likeness (QED) is 0.236. The molecule has 0 heterocycles. The second kappa shape index (κ2) is 15.7. The summed E-state index contributed by atoms with van der Waals surface area (Å²) in [5.41, 5.74) is 1.21. The number of hydrogen-bond acceptors (Lipinski definition) is 3. The summed E-state index contributed by atoms with van der Waals surface area (Å²) in [6.45, 7) is 10.6. The molecule has 1 unspecified atom stereocenters. The van der Waals surface area contributed by atoms with Crippen LogP contribution in [0.3, 0.4) is 0 Å². The molecule has 0 aliphatic carbocycles. The van der Waals surface area contributed by atoms with Crippen molar-refractivity contribution in [2.45, 2.75) is 33.3 Å². The predicted octanol–water partition coefficient (Wildman–Crippen LogP) is 3.36. The van der Waals surface area contributed by atoms with Crippen molar-refractivity contribution in [3.05, 3.63) is 35.9 Å². The Kier molecular flexibility index (Phi) is 15.1. The first-order chi connectivity index (χ1) is 11.3. The van der Waals surface area contributed by atoms with Crippen LogP contribution in [0.25, 0.3) is 0 Å². The maximum Gasteiger partial charge on any atom is 0.191 e. The second-order valence-electron chi connectivity index (χ2n) is 5.16. The van der Waals surface area contributed by atoms with Crippen LogP contribution in [-0.2, 0) is 9.47 Å². The number of aliphatic imine (C=N–C) groups is 1. The zero-order valence-electron chi connectivity index (χ0n) is 15.1. The van der Waals surface area contributed by atoms with E-state index in [0.29, 0.717) is 13.2 Å². The Morgan fingerprint density at radius 2 is 1.88 bits per heavy atom. The lowest BCUT2D eigenvalue weighted by Crippen LogP contribution is -2.39. The van der Waals surface area contributed by atoms with Gasteiger partial charge >= 0.3 is 0 Å². The van der Waals surface area contributed by atoms with Crippen molar-refractivity contribution < 1.29 is 9.47 Å². The molecule has 24 heavy (non-hydrogen) atoms. The lowest BCUT2D eigenvalue weighted by molar-refractivity contribution is 0.0652. The molecule has 0 bridgehead atoms. The Bertz CT molecular complexity index is 430. The fourth-order valence-electron chi connectivity index (χ4n) is 2.06. The van der Waals surface area contributed by atoms with Gasteiger partial charge in [-0.1, -0.05) is 30.3 Å². The number of guanidine groups is 1. The molecule has 0 spiro atoms. The molecular formula is C18H32IN3O2. The van der Waals surface area contributed by atoms with Gasteiger partial charge in [-0.05, 0) is 32.8 Å². The van der Waals surface area contributed by atoms with Crippen LogP contribution in [-0.4, -0.2) is 45.4 Å². The van der Waals surface area contributed by atoms with E-state index in [1.165, 1.54) is 5.56 Å². The van der Waals surface area contributed by atoms with Crippen molar-refractivity contribution in [1.29, 1.82) is 0 Å². The first-order valence-electron chi connectivity index (χ1n) is 8.54. The lowest BCUT2D eigenvalue weighted by Gasteiger charge is -2.13. The van der Waals surface area contributed by atoms with Crippen LogP contribution in [0.4, 0.5) is 0 Å². The average Bonchev–Trinajstić information content (AvgIpc) is 2.58. The molecule has 0 aliphatic heterocycles. The van der Waals surface area contributed by atoms with E-state index >= 15 is 0 Å². The summed E-state index contributed by atoms with van der Waals surface area (Å²) in [4.78, 5) is 4.54. The highest BCUT2D eigenvalue weighted by Crippen LogP contribution is 2.15. The van der Waals surface area contributed by atoms with Gasteiger partial charge < -0.3 is 20.1 Å². The number of ether oxygens (including phenoxy) is 2. The van der Waals surface area contributed by atoms with E-state index in [4.69, 9.17) is 9.47 Å². The molecule has 1 aromatic rings. The minimum absolute atomic E-state index is 0. The Hall–Kier alpha value is -0.860. The summed E-state index contributed by atoms with van der Waals surface area (Å²) >= 11 is 0. The van der Waals surface area contributed by atoms with Gasteiger partial charge in [0.1, 0.15) is 0 Å². The molecule has 2 N–H and O–H groups in total. The zero-order chi connectivity index (χ0) is 16.8. The maximum atomic E-state index is 5.85. The smallest absolute Gasteiger partial charge is 0.191 e. The van der Waals surface area contributed by atoms with Gasteiger partial charge in [-0.3, -0.25) is 4.99 Å². The van der Waals surface area contributed by atoms with Crippen molar-refractivity contribution in [1.82, 2.24) is 10.6 Å². The molecule has 1 rings (SSSR count). The van der Waals surface area contributed by atoms with Crippen molar-refractivity contribution in [2.24, 2.45) is 4.99 Å². The topological polar surface area (TPSA) is 54.9 Å². The molecular weight excluding hydrogens is 417 g/mol. The molecule has 0 radical (unpaired) electrons. The number of hydrogen-bond donors (Lipinski definition) is 2. The van der Waals surface area contributed by atoms with Gasteiger partial charge in [0.15, 0.2) is 5.96 Å². The van der Waals surface area contributed by atoms with E-state index < -0.39 is 0 Å². The Labute approximate surface area is 163 Å². The van der Waals surface area contributed by atoms with Crippen molar-refractivity contribution in [3.8, 4) is 0 Å². The summed E-state index contributed by atoms with van der Waals surface area (Å²) < 4.78 is 11.2. The number of nitrogens with one attached hydrogen (secondary N) is 2. The summed E-state index contributed by atoms with van der Waals surface area (Å²) in [6, 6.07) is 10.3. The molecule has 6 heteroatoms.